The predicted octanol–water partition coefficient (Wildman–Crippen LogP) is 3.30. The third-order valence-corrected chi connectivity index (χ3v) is 4.19. The van der Waals surface area contributed by atoms with Crippen LogP contribution in [0.15, 0.2) is 41.2 Å². The van der Waals surface area contributed by atoms with Crippen LogP contribution in [0, 0.1) is 0 Å². The Kier molecular flexibility index (Phi) is 4.44. The normalized spacial score (nSPS) is 12.5. The zero-order valence-electron chi connectivity index (χ0n) is 14.7. The number of hydrogen-bond donors (Lipinski definition) is 1. The molecule has 3 aromatic rings. The number of aromatic nitrogens is 3. The molecule has 6 nitrogen and oxygen atoms in total. The van der Waals surface area contributed by atoms with E-state index in [1.165, 1.54) is 6.07 Å². The number of aryl methyl sites for hydroxylation is 1. The number of carbonyl (C=O) groups excluding carboxylic acids is 1. The molecule has 0 aliphatic heterocycles. The molecule has 25 heavy (non-hydrogen) atoms. The van der Waals surface area contributed by atoms with E-state index in [4.69, 9.17) is 4.74 Å². The smallest absolute Gasteiger partial charge is 0.339 e. The minimum atomic E-state index is -0.535. The van der Waals surface area contributed by atoms with E-state index in [9.17, 15) is 9.59 Å². The number of para-hydroxylation sites is 2. The van der Waals surface area contributed by atoms with E-state index in [1.807, 2.05) is 49.7 Å². The highest BCUT2D eigenvalue weighted by Crippen LogP contribution is 2.22. The first kappa shape index (κ1) is 17.0. The standard InChI is InChI=1S/C19H21N3O3/c1-11(2)15-9-13(10-17(23)20-15)19(24)25-12(3)18-21-14-7-5-6-8-16(14)22(18)4/h5-12H,1-4H3,(H,20,23)/t12-/m0/s1. The van der Waals surface area contributed by atoms with Gasteiger partial charge in [0.25, 0.3) is 0 Å². The monoisotopic (exact) mass is 339 g/mol. The molecule has 0 amide bonds. The molecule has 2 aromatic heterocycles. The number of H-pyrrole nitrogens is 1. The van der Waals surface area contributed by atoms with E-state index in [0.29, 0.717) is 11.5 Å². The Balaban J connectivity index is 1.87. The van der Waals surface area contributed by atoms with Crippen molar-refractivity contribution in [2.45, 2.75) is 32.8 Å². The Morgan fingerprint density at radius 2 is 1.92 bits per heavy atom. The number of nitrogens with zero attached hydrogens (tertiary/aromatic N) is 2. The second-order valence-electron chi connectivity index (χ2n) is 6.41. The third kappa shape index (κ3) is 3.33. The number of esters is 1. The minimum Gasteiger partial charge on any atom is -0.451 e. The molecule has 0 fully saturated rings. The molecule has 1 aromatic carbocycles. The van der Waals surface area contributed by atoms with Gasteiger partial charge < -0.3 is 14.3 Å². The first-order valence-electron chi connectivity index (χ1n) is 8.23. The van der Waals surface area contributed by atoms with Gasteiger partial charge in [-0.1, -0.05) is 26.0 Å². The Morgan fingerprint density at radius 3 is 2.60 bits per heavy atom. The zero-order chi connectivity index (χ0) is 18.1. The molecular weight excluding hydrogens is 318 g/mol. The maximum atomic E-state index is 12.5. The number of aromatic amines is 1. The number of carbonyl (C=O) groups is 1. The highest BCUT2D eigenvalue weighted by molar-refractivity contribution is 5.89. The fourth-order valence-corrected chi connectivity index (χ4v) is 2.80. The summed E-state index contributed by atoms with van der Waals surface area (Å²) in [6.07, 6.45) is -0.535. The van der Waals surface area contributed by atoms with E-state index in [1.54, 1.807) is 13.0 Å². The number of imidazole rings is 1. The topological polar surface area (TPSA) is 77.0 Å². The Hall–Kier alpha value is -2.89. The molecule has 0 unspecified atom stereocenters. The summed E-state index contributed by atoms with van der Waals surface area (Å²) in [5.41, 5.74) is 2.46. The number of pyridine rings is 1. The first-order valence-corrected chi connectivity index (χ1v) is 8.23. The lowest BCUT2D eigenvalue weighted by Gasteiger charge is -2.14. The van der Waals surface area contributed by atoms with E-state index in [0.717, 1.165) is 11.0 Å². The van der Waals surface area contributed by atoms with Gasteiger partial charge in [-0.05, 0) is 31.0 Å². The SMILES string of the molecule is CC(C)c1cc(C(=O)O[C@@H](C)c2nc3ccccc3n2C)cc(=O)[nH]1. The van der Waals surface area contributed by atoms with Crippen LogP contribution in [-0.4, -0.2) is 20.5 Å². The summed E-state index contributed by atoms with van der Waals surface area (Å²) in [6, 6.07) is 10.7. The fraction of sp³-hybridized carbons (Fsp3) is 0.316. The fourth-order valence-electron chi connectivity index (χ4n) is 2.80. The second kappa shape index (κ2) is 6.55. The van der Waals surface area contributed by atoms with Crippen molar-refractivity contribution in [2.24, 2.45) is 7.05 Å². The molecule has 2 heterocycles. The van der Waals surface area contributed by atoms with Crippen LogP contribution >= 0.6 is 0 Å². The van der Waals surface area contributed by atoms with Crippen molar-refractivity contribution in [1.82, 2.24) is 14.5 Å². The van der Waals surface area contributed by atoms with Gasteiger partial charge in [-0.3, -0.25) is 4.79 Å². The maximum absolute atomic E-state index is 12.5. The van der Waals surface area contributed by atoms with Crippen molar-refractivity contribution in [3.63, 3.8) is 0 Å². The molecule has 0 aliphatic carbocycles. The zero-order valence-corrected chi connectivity index (χ0v) is 14.7. The molecule has 130 valence electrons. The molecule has 6 heteroatoms. The molecule has 0 spiro atoms. The first-order chi connectivity index (χ1) is 11.9. The molecule has 1 N–H and O–H groups in total. The number of fused-ring (bicyclic) bond motifs is 1. The van der Waals surface area contributed by atoms with Gasteiger partial charge >= 0.3 is 5.97 Å². The average molecular weight is 339 g/mol. The Bertz CT molecular complexity index is 985. The van der Waals surface area contributed by atoms with Crippen LogP contribution < -0.4 is 5.56 Å². The molecule has 0 bridgehead atoms. The van der Waals surface area contributed by atoms with Crippen LogP contribution in [0.1, 0.15) is 54.7 Å². The van der Waals surface area contributed by atoms with E-state index in [-0.39, 0.29) is 17.0 Å². The van der Waals surface area contributed by atoms with E-state index < -0.39 is 12.1 Å². The van der Waals surface area contributed by atoms with Crippen molar-refractivity contribution in [2.75, 3.05) is 0 Å². The number of hydrogen-bond acceptors (Lipinski definition) is 4. The van der Waals surface area contributed by atoms with Crippen LogP contribution in [0.25, 0.3) is 11.0 Å². The van der Waals surface area contributed by atoms with Crippen LogP contribution in [0.2, 0.25) is 0 Å². The lowest BCUT2D eigenvalue weighted by atomic mass is 10.1. The van der Waals surface area contributed by atoms with Crippen molar-refractivity contribution in [3.05, 3.63) is 63.8 Å². The molecule has 0 radical (unpaired) electrons. The lowest BCUT2D eigenvalue weighted by Crippen LogP contribution is -2.17. The Morgan fingerprint density at radius 1 is 1.20 bits per heavy atom. The number of rotatable bonds is 4. The average Bonchev–Trinajstić information content (AvgIpc) is 2.91. The van der Waals surface area contributed by atoms with E-state index >= 15 is 0 Å². The molecule has 0 aliphatic rings. The molecule has 0 saturated heterocycles. The van der Waals surface area contributed by atoms with Gasteiger partial charge in [-0.2, -0.15) is 0 Å². The van der Waals surface area contributed by atoms with Crippen molar-refractivity contribution < 1.29 is 9.53 Å². The molecular formula is C19H21N3O3. The highest BCUT2D eigenvalue weighted by atomic mass is 16.5. The van der Waals surface area contributed by atoms with Crippen molar-refractivity contribution >= 4 is 17.0 Å². The second-order valence-corrected chi connectivity index (χ2v) is 6.41. The van der Waals surface area contributed by atoms with Gasteiger partial charge in [-0.15, -0.1) is 0 Å². The van der Waals surface area contributed by atoms with Gasteiger partial charge in [-0.25, -0.2) is 9.78 Å². The van der Waals surface area contributed by atoms with Crippen LogP contribution in [0.3, 0.4) is 0 Å². The van der Waals surface area contributed by atoms with Gasteiger partial charge in [0.1, 0.15) is 0 Å². The number of nitrogens with one attached hydrogen (secondary N) is 1. The van der Waals surface area contributed by atoms with Crippen LogP contribution in [-0.2, 0) is 11.8 Å². The van der Waals surface area contributed by atoms with Gasteiger partial charge in [0.2, 0.25) is 5.56 Å². The summed E-state index contributed by atoms with van der Waals surface area (Å²) in [5, 5.41) is 0. The summed E-state index contributed by atoms with van der Waals surface area (Å²) in [4.78, 5) is 31.5. The largest absolute Gasteiger partial charge is 0.451 e. The van der Waals surface area contributed by atoms with Crippen LogP contribution in [0.5, 0.6) is 0 Å². The molecule has 1 atom stereocenters. The summed E-state index contributed by atoms with van der Waals surface area (Å²) in [7, 11) is 1.89. The Labute approximate surface area is 145 Å². The quantitative estimate of drug-likeness (QED) is 0.740. The number of benzene rings is 1. The van der Waals surface area contributed by atoms with Gasteiger partial charge in [0.05, 0.1) is 16.6 Å². The van der Waals surface area contributed by atoms with Crippen molar-refractivity contribution in [3.8, 4) is 0 Å². The predicted molar refractivity (Wildman–Crippen MR) is 95.7 cm³/mol. The third-order valence-electron chi connectivity index (χ3n) is 4.19. The maximum Gasteiger partial charge on any atom is 0.339 e. The summed E-state index contributed by atoms with van der Waals surface area (Å²) in [6.45, 7) is 5.67. The summed E-state index contributed by atoms with van der Waals surface area (Å²) >= 11 is 0. The van der Waals surface area contributed by atoms with Gasteiger partial charge in [0, 0.05) is 18.8 Å². The van der Waals surface area contributed by atoms with E-state index in [2.05, 4.69) is 9.97 Å². The molecule has 0 saturated carbocycles. The van der Waals surface area contributed by atoms with Crippen LogP contribution in [0.4, 0.5) is 0 Å². The number of ether oxygens (including phenoxy) is 1. The summed E-state index contributed by atoms with van der Waals surface area (Å²) < 4.78 is 7.45. The molecule has 3 rings (SSSR count). The van der Waals surface area contributed by atoms with Crippen molar-refractivity contribution in [1.29, 1.82) is 0 Å². The summed E-state index contributed by atoms with van der Waals surface area (Å²) in [5.74, 6) is 0.230. The minimum absolute atomic E-state index is 0.109. The van der Waals surface area contributed by atoms with Gasteiger partial charge in [0.15, 0.2) is 11.9 Å². The highest BCUT2D eigenvalue weighted by Gasteiger charge is 2.20. The lowest BCUT2D eigenvalue weighted by molar-refractivity contribution is 0.0315.